The van der Waals surface area contributed by atoms with Gasteiger partial charge in [-0.2, -0.15) is 0 Å². The molecule has 0 N–H and O–H groups in total. The molecular formula is C8H8Se2. The van der Waals surface area contributed by atoms with Crippen LogP contribution in [0.2, 0.25) is 0 Å². The molecule has 0 aliphatic rings. The van der Waals surface area contributed by atoms with Gasteiger partial charge in [-0.15, -0.1) is 0 Å². The number of hydrogen-bond donors (Lipinski definition) is 0. The number of fused-ring (bicyclic) bond motifs is 1. The average molecular weight is 262 g/mol. The number of hydrogen-bond acceptors (Lipinski definition) is 0. The van der Waals surface area contributed by atoms with E-state index in [-0.39, 0.29) is 0 Å². The van der Waals surface area contributed by atoms with Crippen LogP contribution in [-0.4, -0.2) is 29.0 Å². The summed E-state index contributed by atoms with van der Waals surface area (Å²) in [5, 5.41) is 1.55. The zero-order valence-corrected chi connectivity index (χ0v) is 9.40. The molecule has 2 aromatic rings. The summed E-state index contributed by atoms with van der Waals surface area (Å²) in [7, 11) is 0. The summed E-state index contributed by atoms with van der Waals surface area (Å²) in [5.74, 6) is 0. The Morgan fingerprint density at radius 3 is 1.90 bits per heavy atom. The summed E-state index contributed by atoms with van der Waals surface area (Å²) in [4.78, 5) is 0. The van der Waals surface area contributed by atoms with Gasteiger partial charge >= 0.3 is 72.4 Å². The molecule has 0 nitrogen and oxygen atoms in total. The van der Waals surface area contributed by atoms with Crippen molar-refractivity contribution in [3.05, 3.63) is 21.0 Å². The molecular weight excluding hydrogens is 254 g/mol. The van der Waals surface area contributed by atoms with Gasteiger partial charge in [0.05, 0.1) is 0 Å². The van der Waals surface area contributed by atoms with Crippen molar-refractivity contribution in [3.63, 3.8) is 0 Å². The van der Waals surface area contributed by atoms with E-state index < -0.39 is 0 Å². The van der Waals surface area contributed by atoms with Crippen LogP contribution in [0.1, 0.15) is 8.87 Å². The monoisotopic (exact) mass is 264 g/mol. The molecule has 2 rings (SSSR count). The second-order valence-electron chi connectivity index (χ2n) is 2.46. The first kappa shape index (κ1) is 6.94. The van der Waals surface area contributed by atoms with Crippen LogP contribution < -0.4 is 0 Å². The molecule has 0 amide bonds. The fraction of sp³-hybridized carbons (Fsp3) is 0.250. The molecule has 2 heterocycles. The van der Waals surface area contributed by atoms with Gasteiger partial charge in [-0.25, -0.2) is 0 Å². The van der Waals surface area contributed by atoms with Gasteiger partial charge in [0.2, 0.25) is 0 Å². The number of aryl methyl sites for hydroxylation is 2. The Morgan fingerprint density at radius 1 is 1.00 bits per heavy atom. The third-order valence-electron chi connectivity index (χ3n) is 1.46. The summed E-state index contributed by atoms with van der Waals surface area (Å²) < 4.78 is 4.96. The Kier molecular flexibility index (Phi) is 1.66. The van der Waals surface area contributed by atoms with Crippen LogP contribution in [-0.2, 0) is 0 Å². The van der Waals surface area contributed by atoms with E-state index in [4.69, 9.17) is 0 Å². The zero-order chi connectivity index (χ0) is 7.14. The van der Waals surface area contributed by atoms with E-state index >= 15 is 0 Å². The Labute approximate surface area is 72.4 Å². The van der Waals surface area contributed by atoms with Crippen molar-refractivity contribution in [3.8, 4) is 0 Å². The van der Waals surface area contributed by atoms with E-state index in [1.807, 2.05) is 0 Å². The van der Waals surface area contributed by atoms with E-state index in [2.05, 4.69) is 26.0 Å². The van der Waals surface area contributed by atoms with E-state index in [1.54, 1.807) is 17.4 Å². The average Bonchev–Trinajstić information content (AvgIpc) is 2.21. The van der Waals surface area contributed by atoms with E-state index in [0.29, 0.717) is 0 Å². The Balaban J connectivity index is 2.83. The zero-order valence-electron chi connectivity index (χ0n) is 5.97. The molecule has 10 heavy (non-hydrogen) atoms. The summed E-state index contributed by atoms with van der Waals surface area (Å²) >= 11 is 1.45. The number of rotatable bonds is 0. The first-order valence-corrected chi connectivity index (χ1v) is 6.65. The van der Waals surface area contributed by atoms with E-state index in [1.165, 1.54) is 0 Å². The second-order valence-corrected chi connectivity index (χ2v) is 9.04. The van der Waals surface area contributed by atoms with Crippen LogP contribution in [0.25, 0.3) is 8.52 Å². The molecule has 0 saturated carbocycles. The van der Waals surface area contributed by atoms with Crippen molar-refractivity contribution in [2.24, 2.45) is 0 Å². The summed E-state index contributed by atoms with van der Waals surface area (Å²) in [6.07, 6.45) is 0. The summed E-state index contributed by atoms with van der Waals surface area (Å²) in [5.41, 5.74) is 0. The standard InChI is InChI=1S/C8H8Se2/c1-5-3-7-4-6(2)10-8(7)9-5/h3-4H,1-2H3. The van der Waals surface area contributed by atoms with Gasteiger partial charge in [-0.3, -0.25) is 0 Å². The van der Waals surface area contributed by atoms with Crippen LogP contribution in [0.15, 0.2) is 12.1 Å². The van der Waals surface area contributed by atoms with Crippen LogP contribution in [0, 0.1) is 13.8 Å². The maximum atomic E-state index is 2.35. The quantitative estimate of drug-likeness (QED) is 0.632. The summed E-state index contributed by atoms with van der Waals surface area (Å²) in [6.45, 7) is 4.50. The van der Waals surface area contributed by atoms with Crippen molar-refractivity contribution in [2.45, 2.75) is 13.8 Å². The fourth-order valence-corrected chi connectivity index (χ4v) is 7.49. The van der Waals surface area contributed by atoms with E-state index in [0.717, 1.165) is 29.0 Å². The normalized spacial score (nSPS) is 11.0. The molecule has 0 aromatic carbocycles. The predicted octanol–water partition coefficient (Wildman–Crippen LogP) is 1.57. The van der Waals surface area contributed by atoms with Gasteiger partial charge in [-0.1, -0.05) is 0 Å². The van der Waals surface area contributed by atoms with Crippen molar-refractivity contribution in [1.29, 1.82) is 0 Å². The minimum absolute atomic E-state index is 0.726. The van der Waals surface area contributed by atoms with Crippen LogP contribution in [0.5, 0.6) is 0 Å². The Morgan fingerprint density at radius 2 is 1.50 bits per heavy atom. The minimum atomic E-state index is 0.726. The fourth-order valence-electron chi connectivity index (χ4n) is 1.09. The van der Waals surface area contributed by atoms with Gasteiger partial charge in [0.25, 0.3) is 0 Å². The predicted molar refractivity (Wildman–Crippen MR) is 47.3 cm³/mol. The second kappa shape index (κ2) is 2.39. The topological polar surface area (TPSA) is 0 Å². The molecule has 52 valence electrons. The van der Waals surface area contributed by atoms with Crippen LogP contribution >= 0.6 is 0 Å². The maximum absolute atomic E-state index is 2.35. The first-order valence-electron chi connectivity index (χ1n) is 3.22. The molecule has 2 aromatic heterocycles. The van der Waals surface area contributed by atoms with Gasteiger partial charge in [0.1, 0.15) is 0 Å². The Hall–Kier alpha value is 0.259. The molecule has 0 aliphatic heterocycles. The molecule has 0 spiro atoms. The summed E-state index contributed by atoms with van der Waals surface area (Å²) in [6, 6.07) is 4.71. The third kappa shape index (κ3) is 1.06. The van der Waals surface area contributed by atoms with Crippen molar-refractivity contribution in [1.82, 2.24) is 0 Å². The molecule has 0 bridgehead atoms. The Bertz CT molecular complexity index is 291. The van der Waals surface area contributed by atoms with Crippen molar-refractivity contribution in [2.75, 3.05) is 0 Å². The van der Waals surface area contributed by atoms with Crippen LogP contribution in [0.4, 0.5) is 0 Å². The van der Waals surface area contributed by atoms with E-state index in [9.17, 15) is 0 Å². The third-order valence-corrected chi connectivity index (χ3v) is 6.89. The molecule has 0 atom stereocenters. The van der Waals surface area contributed by atoms with Crippen molar-refractivity contribution < 1.29 is 0 Å². The molecule has 0 radical (unpaired) electrons. The first-order chi connectivity index (χ1) is 4.75. The molecule has 2 heteroatoms. The molecule has 0 fully saturated rings. The molecule has 0 unspecified atom stereocenters. The van der Waals surface area contributed by atoms with Gasteiger partial charge in [-0.05, 0) is 0 Å². The van der Waals surface area contributed by atoms with Gasteiger partial charge in [0, 0.05) is 0 Å². The van der Waals surface area contributed by atoms with Gasteiger partial charge < -0.3 is 0 Å². The van der Waals surface area contributed by atoms with Gasteiger partial charge in [0.15, 0.2) is 0 Å². The van der Waals surface area contributed by atoms with Crippen molar-refractivity contribution >= 4 is 37.5 Å². The SMILES string of the molecule is Cc1cc2cc(C)[se]c2[se]1. The molecule has 0 aliphatic carbocycles. The molecule has 0 saturated heterocycles. The van der Waals surface area contributed by atoms with Crippen LogP contribution in [0.3, 0.4) is 0 Å².